The van der Waals surface area contributed by atoms with E-state index in [1.807, 2.05) is 0 Å². The number of carbonyl (C=O) groups is 1. The second-order valence-corrected chi connectivity index (χ2v) is 7.74. The lowest BCUT2D eigenvalue weighted by molar-refractivity contribution is -0.922. The van der Waals surface area contributed by atoms with E-state index in [4.69, 9.17) is 4.84 Å². The lowest BCUT2D eigenvalue weighted by Crippen LogP contribution is -3.18. The third kappa shape index (κ3) is 6.24. The molecule has 2 aromatic carbocycles. The lowest BCUT2D eigenvalue weighted by atomic mass is 9.95. The van der Waals surface area contributed by atoms with Crippen LogP contribution in [0.25, 0.3) is 0 Å². The molecule has 0 amide bonds. The van der Waals surface area contributed by atoms with E-state index in [1.54, 1.807) is 26.0 Å². The van der Waals surface area contributed by atoms with Gasteiger partial charge >= 0.3 is 5.97 Å². The number of nitrogens with zero attached hydrogens (tertiary/aromatic N) is 1. The van der Waals surface area contributed by atoms with Crippen molar-refractivity contribution in [1.29, 1.82) is 0 Å². The number of hydrogen-bond acceptors (Lipinski definition) is 3. The van der Waals surface area contributed by atoms with Gasteiger partial charge in [-0.1, -0.05) is 5.16 Å². The molecule has 1 unspecified atom stereocenters. The zero-order chi connectivity index (χ0) is 21.7. The van der Waals surface area contributed by atoms with Crippen molar-refractivity contribution in [2.24, 2.45) is 5.16 Å². The van der Waals surface area contributed by atoms with Crippen LogP contribution in [-0.2, 0) is 9.63 Å². The second kappa shape index (κ2) is 11.2. The first kappa shape index (κ1) is 24.8. The predicted molar refractivity (Wildman–Crippen MR) is 110 cm³/mol. The van der Waals surface area contributed by atoms with Gasteiger partial charge in [0, 0.05) is 17.5 Å². The van der Waals surface area contributed by atoms with Crippen molar-refractivity contribution in [2.45, 2.75) is 39.2 Å². The molecule has 1 aliphatic rings. The van der Waals surface area contributed by atoms with Gasteiger partial charge in [-0.15, -0.1) is 0 Å². The molecule has 0 radical (unpaired) electrons. The van der Waals surface area contributed by atoms with Gasteiger partial charge in [-0.25, -0.2) is 13.6 Å². The molecule has 3 rings (SSSR count). The minimum atomic E-state index is -0.780. The van der Waals surface area contributed by atoms with Crippen molar-refractivity contribution in [2.75, 3.05) is 19.7 Å². The van der Waals surface area contributed by atoms with Gasteiger partial charge in [-0.2, -0.15) is 0 Å². The molecule has 2 N–H and O–H groups in total. The van der Waals surface area contributed by atoms with Crippen molar-refractivity contribution in [1.82, 2.24) is 0 Å². The Bertz CT molecular complexity index is 899. The molecule has 0 saturated carbocycles. The summed E-state index contributed by atoms with van der Waals surface area (Å²) in [5, 5.41) is 13.7. The third-order valence-electron chi connectivity index (χ3n) is 5.59. The third-order valence-corrected chi connectivity index (χ3v) is 5.59. The summed E-state index contributed by atoms with van der Waals surface area (Å²) in [7, 11) is 0. The van der Waals surface area contributed by atoms with Gasteiger partial charge in [-0.3, -0.25) is 0 Å². The van der Waals surface area contributed by atoms with Gasteiger partial charge < -0.3 is 27.3 Å². The number of likely N-dealkylation sites (tertiary alicyclic amines) is 1. The molecule has 1 aliphatic heterocycles. The largest absolute Gasteiger partial charge is 1.00 e. The Kier molecular flexibility index (Phi) is 8.95. The molecule has 1 fully saturated rings. The van der Waals surface area contributed by atoms with E-state index < -0.39 is 12.0 Å². The van der Waals surface area contributed by atoms with Crippen molar-refractivity contribution >= 4 is 11.7 Å². The highest BCUT2D eigenvalue weighted by molar-refractivity contribution is 6.14. The first-order valence-corrected chi connectivity index (χ1v) is 10.2. The maximum Gasteiger partial charge on any atom is 0.362 e. The highest BCUT2D eigenvalue weighted by atomic mass is 35.5. The van der Waals surface area contributed by atoms with Crippen molar-refractivity contribution < 1.29 is 40.8 Å². The average molecular weight is 453 g/mol. The molecular weight excluding hydrogens is 426 g/mol. The summed E-state index contributed by atoms with van der Waals surface area (Å²) in [6.07, 6.45) is 2.59. The van der Waals surface area contributed by atoms with Crippen LogP contribution in [0, 0.1) is 25.5 Å². The Morgan fingerprint density at radius 1 is 1.10 bits per heavy atom. The molecule has 168 valence electrons. The van der Waals surface area contributed by atoms with Crippen LogP contribution >= 0.6 is 0 Å². The standard InChI is InChI=1S/C23H26F2N2O3.ClH/c1-15-13-17(24)6-8-19(15)22(20-9-7-18(25)14-16(20)2)26-30-12-11-27-10-4-3-5-21(27)23(28)29;/h6-9,13-14,21H,3-5,10-12H2,1-2H3,(H,28,29);1H/t21-;/m0./s1. The molecule has 1 saturated heterocycles. The second-order valence-electron chi connectivity index (χ2n) is 7.74. The van der Waals surface area contributed by atoms with E-state index in [2.05, 4.69) is 5.16 Å². The Labute approximate surface area is 187 Å². The number of nitrogens with one attached hydrogen (secondary N) is 1. The topological polar surface area (TPSA) is 63.3 Å². The number of carboxylic acids is 1. The lowest BCUT2D eigenvalue weighted by Gasteiger charge is -2.29. The Hall–Kier alpha value is -2.51. The van der Waals surface area contributed by atoms with Crippen LogP contribution in [0.3, 0.4) is 0 Å². The minimum Gasteiger partial charge on any atom is -1.00 e. The number of aliphatic carboxylic acids is 1. The number of quaternary nitrogens is 1. The molecule has 31 heavy (non-hydrogen) atoms. The fourth-order valence-electron chi connectivity index (χ4n) is 3.99. The average Bonchev–Trinajstić information content (AvgIpc) is 2.70. The molecule has 2 atom stereocenters. The highest BCUT2D eigenvalue weighted by Crippen LogP contribution is 2.20. The summed E-state index contributed by atoms with van der Waals surface area (Å²) in [5.41, 5.74) is 3.26. The van der Waals surface area contributed by atoms with Gasteiger partial charge in [0.1, 0.15) is 23.9 Å². The first-order valence-electron chi connectivity index (χ1n) is 10.2. The van der Waals surface area contributed by atoms with Gasteiger partial charge in [0.05, 0.1) is 6.54 Å². The molecule has 0 aromatic heterocycles. The molecule has 5 nitrogen and oxygen atoms in total. The van der Waals surface area contributed by atoms with Crippen LogP contribution < -0.4 is 17.3 Å². The number of piperidine rings is 1. The summed E-state index contributed by atoms with van der Waals surface area (Å²) >= 11 is 0. The smallest absolute Gasteiger partial charge is 0.362 e. The molecule has 1 heterocycles. The van der Waals surface area contributed by atoms with E-state index in [1.165, 1.54) is 24.3 Å². The van der Waals surface area contributed by atoms with E-state index in [9.17, 15) is 18.7 Å². The number of oxime groups is 1. The Morgan fingerprint density at radius 3 is 2.19 bits per heavy atom. The zero-order valence-corrected chi connectivity index (χ0v) is 18.4. The summed E-state index contributed by atoms with van der Waals surface area (Å²) in [5.74, 6) is -1.47. The summed E-state index contributed by atoms with van der Waals surface area (Å²) in [6, 6.07) is 8.39. The number of halogens is 3. The normalized spacial score (nSPS) is 18.1. The fourth-order valence-corrected chi connectivity index (χ4v) is 3.99. The van der Waals surface area contributed by atoms with E-state index in [0.717, 1.165) is 24.3 Å². The van der Waals surface area contributed by atoms with Gasteiger partial charge in [-0.05, 0) is 74.2 Å². The van der Waals surface area contributed by atoms with E-state index >= 15 is 0 Å². The van der Waals surface area contributed by atoms with Gasteiger partial charge in [0.2, 0.25) is 0 Å². The van der Waals surface area contributed by atoms with Crippen molar-refractivity contribution in [3.05, 3.63) is 70.3 Å². The molecule has 0 bridgehead atoms. The molecular formula is C23H27ClF2N2O3. The van der Waals surface area contributed by atoms with Crippen LogP contribution in [-0.4, -0.2) is 42.5 Å². The molecule has 0 aliphatic carbocycles. The van der Waals surface area contributed by atoms with E-state index in [-0.39, 0.29) is 30.6 Å². The van der Waals surface area contributed by atoms with E-state index in [0.29, 0.717) is 40.9 Å². The number of benzene rings is 2. The number of carboxylic acid groups (broad SMARTS) is 1. The SMILES string of the molecule is Cc1cc(F)ccc1C(=NOCC[NH+]1CCCC[C@H]1C(=O)O)c1ccc(F)cc1C.[Cl-]. The van der Waals surface area contributed by atoms with Gasteiger partial charge in [0.25, 0.3) is 0 Å². The summed E-state index contributed by atoms with van der Waals surface area (Å²) in [6.45, 7) is 5.14. The predicted octanol–water partition coefficient (Wildman–Crippen LogP) is -0.123. The Balaban J connectivity index is 0.00000341. The van der Waals surface area contributed by atoms with Gasteiger partial charge in [0.15, 0.2) is 12.6 Å². The number of aryl methyl sites for hydroxylation is 2. The first-order chi connectivity index (χ1) is 14.4. The maximum atomic E-state index is 13.6. The number of hydrogen-bond donors (Lipinski definition) is 2. The van der Waals surface area contributed by atoms with Crippen LogP contribution in [0.15, 0.2) is 41.6 Å². The van der Waals surface area contributed by atoms with Crippen molar-refractivity contribution in [3.63, 3.8) is 0 Å². The molecule has 0 spiro atoms. The summed E-state index contributed by atoms with van der Waals surface area (Å²) in [4.78, 5) is 18.0. The maximum absolute atomic E-state index is 13.6. The van der Waals surface area contributed by atoms with Crippen LogP contribution in [0.2, 0.25) is 0 Å². The highest BCUT2D eigenvalue weighted by Gasteiger charge is 2.31. The molecule has 8 heteroatoms. The fraction of sp³-hybridized carbons (Fsp3) is 0.391. The minimum absolute atomic E-state index is 0. The zero-order valence-electron chi connectivity index (χ0n) is 17.6. The van der Waals surface area contributed by atoms with Crippen LogP contribution in [0.1, 0.15) is 41.5 Å². The Morgan fingerprint density at radius 2 is 1.68 bits per heavy atom. The number of rotatable bonds is 7. The summed E-state index contributed by atoms with van der Waals surface area (Å²) < 4.78 is 27.2. The van der Waals surface area contributed by atoms with Crippen molar-refractivity contribution in [3.8, 4) is 0 Å². The van der Waals surface area contributed by atoms with Crippen LogP contribution in [0.4, 0.5) is 8.78 Å². The molecule has 2 aromatic rings. The monoisotopic (exact) mass is 452 g/mol. The quantitative estimate of drug-likeness (QED) is 0.350. The van der Waals surface area contributed by atoms with Crippen LogP contribution in [0.5, 0.6) is 0 Å².